The Morgan fingerprint density at radius 2 is 2.10 bits per heavy atom. The molecule has 0 aliphatic heterocycles. The molecule has 106 valence electrons. The van der Waals surface area contributed by atoms with E-state index in [0.717, 1.165) is 12.1 Å². The molecule has 0 saturated heterocycles. The summed E-state index contributed by atoms with van der Waals surface area (Å²) in [6, 6.07) is 7.98. The molecule has 0 saturated carbocycles. The summed E-state index contributed by atoms with van der Waals surface area (Å²) in [5, 5.41) is 12.3. The van der Waals surface area contributed by atoms with Crippen molar-refractivity contribution in [2.24, 2.45) is 0 Å². The summed E-state index contributed by atoms with van der Waals surface area (Å²) >= 11 is 1.31. The molecule has 20 heavy (non-hydrogen) atoms. The maximum absolute atomic E-state index is 11.9. The number of thiazole rings is 1. The van der Waals surface area contributed by atoms with Gasteiger partial charge in [-0.25, -0.2) is 0 Å². The fraction of sp³-hybridized carbons (Fsp3) is 0.333. The summed E-state index contributed by atoms with van der Waals surface area (Å²) in [5.74, 6) is -0.108. The highest BCUT2D eigenvalue weighted by molar-refractivity contribution is 7.06. The van der Waals surface area contributed by atoms with Gasteiger partial charge in [0.15, 0.2) is 4.80 Å². The SMILES string of the molecule is CCCCc1ccc(NC(=O)Cn2ccsc2=N)cc1. The number of rotatable bonds is 6. The third kappa shape index (κ3) is 4.06. The molecule has 0 spiro atoms. The topological polar surface area (TPSA) is 57.9 Å². The van der Waals surface area contributed by atoms with Gasteiger partial charge in [-0.15, -0.1) is 11.3 Å². The predicted octanol–water partition coefficient (Wildman–Crippen LogP) is 3.01. The monoisotopic (exact) mass is 289 g/mol. The van der Waals surface area contributed by atoms with Gasteiger partial charge in [-0.05, 0) is 30.5 Å². The maximum atomic E-state index is 11.9. The molecule has 2 rings (SSSR count). The van der Waals surface area contributed by atoms with Crippen molar-refractivity contribution in [1.82, 2.24) is 4.57 Å². The number of carbonyl (C=O) groups excluding carboxylic acids is 1. The van der Waals surface area contributed by atoms with Gasteiger partial charge >= 0.3 is 0 Å². The molecular weight excluding hydrogens is 270 g/mol. The van der Waals surface area contributed by atoms with Crippen LogP contribution in [-0.4, -0.2) is 10.5 Å². The molecular formula is C15H19N3OS. The van der Waals surface area contributed by atoms with Gasteiger partial charge in [0.2, 0.25) is 5.91 Å². The van der Waals surface area contributed by atoms with Gasteiger partial charge in [-0.1, -0.05) is 25.5 Å². The van der Waals surface area contributed by atoms with Crippen LogP contribution in [-0.2, 0) is 17.8 Å². The van der Waals surface area contributed by atoms with Crippen LogP contribution in [0.5, 0.6) is 0 Å². The molecule has 0 fully saturated rings. The number of nitrogens with zero attached hydrogens (tertiary/aromatic N) is 1. The number of hydrogen-bond donors (Lipinski definition) is 2. The highest BCUT2D eigenvalue weighted by atomic mass is 32.1. The van der Waals surface area contributed by atoms with Crippen LogP contribution in [0.2, 0.25) is 0 Å². The lowest BCUT2D eigenvalue weighted by molar-refractivity contribution is -0.116. The lowest BCUT2D eigenvalue weighted by Crippen LogP contribution is -2.23. The first-order chi connectivity index (χ1) is 9.69. The van der Waals surface area contributed by atoms with Gasteiger partial charge < -0.3 is 9.88 Å². The van der Waals surface area contributed by atoms with E-state index >= 15 is 0 Å². The Labute approximate surface area is 122 Å². The number of carbonyl (C=O) groups is 1. The van der Waals surface area contributed by atoms with Crippen molar-refractivity contribution in [3.05, 3.63) is 46.2 Å². The van der Waals surface area contributed by atoms with Gasteiger partial charge in [0.25, 0.3) is 0 Å². The van der Waals surface area contributed by atoms with E-state index in [1.165, 1.54) is 29.7 Å². The molecule has 2 aromatic rings. The van der Waals surface area contributed by atoms with Crippen molar-refractivity contribution in [2.75, 3.05) is 5.32 Å². The number of nitrogens with one attached hydrogen (secondary N) is 2. The van der Waals surface area contributed by atoms with Gasteiger partial charge in [0, 0.05) is 17.3 Å². The van der Waals surface area contributed by atoms with Crippen molar-refractivity contribution < 1.29 is 4.79 Å². The molecule has 1 amide bonds. The molecule has 4 nitrogen and oxygen atoms in total. The summed E-state index contributed by atoms with van der Waals surface area (Å²) in [5.41, 5.74) is 2.10. The smallest absolute Gasteiger partial charge is 0.244 e. The Bertz CT molecular complexity index is 613. The number of amides is 1. The van der Waals surface area contributed by atoms with E-state index in [-0.39, 0.29) is 12.5 Å². The van der Waals surface area contributed by atoms with Crippen LogP contribution in [0.1, 0.15) is 25.3 Å². The molecule has 0 unspecified atom stereocenters. The minimum absolute atomic E-state index is 0.108. The molecule has 0 aliphatic rings. The molecule has 1 aromatic heterocycles. The van der Waals surface area contributed by atoms with E-state index in [4.69, 9.17) is 5.41 Å². The molecule has 0 bridgehead atoms. The average Bonchev–Trinajstić information content (AvgIpc) is 2.83. The molecule has 5 heteroatoms. The summed E-state index contributed by atoms with van der Waals surface area (Å²) in [4.78, 5) is 12.3. The largest absolute Gasteiger partial charge is 0.325 e. The Balaban J connectivity index is 1.91. The summed E-state index contributed by atoms with van der Waals surface area (Å²) in [7, 11) is 0. The van der Waals surface area contributed by atoms with Gasteiger partial charge in [-0.2, -0.15) is 0 Å². The average molecular weight is 289 g/mol. The Hall–Kier alpha value is -1.88. The standard InChI is InChI=1S/C15H19N3OS/c1-2-3-4-12-5-7-13(8-6-12)17-14(19)11-18-9-10-20-15(18)16/h5-10,16H,2-4,11H2,1H3,(H,17,19). The third-order valence-electron chi connectivity index (χ3n) is 3.05. The van der Waals surface area contributed by atoms with Crippen molar-refractivity contribution in [2.45, 2.75) is 32.7 Å². The number of aryl methyl sites for hydroxylation is 1. The van der Waals surface area contributed by atoms with Gasteiger partial charge in [-0.3, -0.25) is 10.2 Å². The summed E-state index contributed by atoms with van der Waals surface area (Å²) in [6.07, 6.45) is 5.21. The van der Waals surface area contributed by atoms with Crippen molar-refractivity contribution in [3.63, 3.8) is 0 Å². The second-order valence-corrected chi connectivity index (χ2v) is 5.58. The lowest BCUT2D eigenvalue weighted by Gasteiger charge is -2.07. The van der Waals surface area contributed by atoms with Crippen LogP contribution in [0.4, 0.5) is 5.69 Å². The molecule has 0 aliphatic carbocycles. The Kier molecular flexibility index (Phi) is 5.12. The highest BCUT2D eigenvalue weighted by Gasteiger charge is 2.04. The van der Waals surface area contributed by atoms with Crippen LogP contribution in [0.15, 0.2) is 35.8 Å². The third-order valence-corrected chi connectivity index (χ3v) is 3.77. The van der Waals surface area contributed by atoms with E-state index in [9.17, 15) is 4.79 Å². The van der Waals surface area contributed by atoms with E-state index in [1.807, 2.05) is 12.1 Å². The fourth-order valence-corrected chi connectivity index (χ4v) is 2.52. The second kappa shape index (κ2) is 7.05. The van der Waals surface area contributed by atoms with Crippen LogP contribution < -0.4 is 10.1 Å². The maximum Gasteiger partial charge on any atom is 0.244 e. The molecule has 0 atom stereocenters. The van der Waals surface area contributed by atoms with E-state index in [0.29, 0.717) is 4.80 Å². The minimum Gasteiger partial charge on any atom is -0.325 e. The summed E-state index contributed by atoms with van der Waals surface area (Å²) < 4.78 is 1.62. The van der Waals surface area contributed by atoms with Crippen LogP contribution in [0.25, 0.3) is 0 Å². The van der Waals surface area contributed by atoms with E-state index in [1.54, 1.807) is 16.1 Å². The first-order valence-electron chi connectivity index (χ1n) is 6.76. The zero-order chi connectivity index (χ0) is 14.4. The Morgan fingerprint density at radius 3 is 2.70 bits per heavy atom. The van der Waals surface area contributed by atoms with Crippen molar-refractivity contribution in [1.29, 1.82) is 5.41 Å². The normalized spacial score (nSPS) is 10.4. The van der Waals surface area contributed by atoms with Crippen LogP contribution >= 0.6 is 11.3 Å². The fourth-order valence-electron chi connectivity index (χ4n) is 1.92. The molecule has 1 heterocycles. The second-order valence-electron chi connectivity index (χ2n) is 4.68. The zero-order valence-corrected chi connectivity index (χ0v) is 12.4. The number of unbranched alkanes of at least 4 members (excludes halogenated alkanes) is 1. The van der Waals surface area contributed by atoms with Crippen LogP contribution in [0.3, 0.4) is 0 Å². The van der Waals surface area contributed by atoms with E-state index < -0.39 is 0 Å². The molecule has 2 N–H and O–H groups in total. The van der Waals surface area contributed by atoms with Crippen molar-refractivity contribution >= 4 is 22.9 Å². The number of hydrogen-bond acceptors (Lipinski definition) is 3. The molecule has 0 radical (unpaired) electrons. The van der Waals surface area contributed by atoms with Gasteiger partial charge in [0.1, 0.15) is 6.54 Å². The van der Waals surface area contributed by atoms with Crippen molar-refractivity contribution in [3.8, 4) is 0 Å². The number of aromatic nitrogens is 1. The molecule has 1 aromatic carbocycles. The lowest BCUT2D eigenvalue weighted by atomic mass is 10.1. The number of anilines is 1. The highest BCUT2D eigenvalue weighted by Crippen LogP contribution is 2.11. The predicted molar refractivity (Wildman–Crippen MR) is 81.8 cm³/mol. The first-order valence-corrected chi connectivity index (χ1v) is 7.64. The zero-order valence-electron chi connectivity index (χ0n) is 11.6. The van der Waals surface area contributed by atoms with E-state index in [2.05, 4.69) is 24.4 Å². The number of benzene rings is 1. The minimum atomic E-state index is -0.108. The van der Waals surface area contributed by atoms with Crippen LogP contribution in [0, 0.1) is 5.41 Å². The first kappa shape index (κ1) is 14.5. The quantitative estimate of drug-likeness (QED) is 0.844. The van der Waals surface area contributed by atoms with Gasteiger partial charge in [0.05, 0.1) is 0 Å². The Morgan fingerprint density at radius 1 is 1.35 bits per heavy atom. The summed E-state index contributed by atoms with van der Waals surface area (Å²) in [6.45, 7) is 2.36.